The lowest BCUT2D eigenvalue weighted by Gasteiger charge is -2.28. The lowest BCUT2D eigenvalue weighted by atomic mass is 9.81. The van der Waals surface area contributed by atoms with Crippen LogP contribution in [0.25, 0.3) is 0 Å². The van der Waals surface area contributed by atoms with Crippen molar-refractivity contribution in [2.45, 2.75) is 34.0 Å². The van der Waals surface area contributed by atoms with Crippen LogP contribution in [0.5, 0.6) is 28.7 Å². The molecule has 0 amide bonds. The highest BCUT2D eigenvalue weighted by atomic mass is 19.1. The Bertz CT molecular complexity index is 1740. The molecule has 1 aliphatic carbocycles. The van der Waals surface area contributed by atoms with Crippen molar-refractivity contribution in [2.24, 2.45) is 0 Å². The molecule has 45 heavy (non-hydrogen) atoms. The normalized spacial score (nSPS) is 12.6. The Labute approximate surface area is 259 Å². The zero-order valence-corrected chi connectivity index (χ0v) is 25.2. The van der Waals surface area contributed by atoms with Crippen molar-refractivity contribution in [2.75, 3.05) is 30.5 Å². The van der Waals surface area contributed by atoms with Crippen molar-refractivity contribution in [1.82, 2.24) is 0 Å². The first-order chi connectivity index (χ1) is 21.7. The topological polar surface area (TPSA) is 136 Å². The number of ether oxygens (including phenoxy) is 4. The number of nitrogens with one attached hydrogen (secondary N) is 2. The summed E-state index contributed by atoms with van der Waals surface area (Å²) in [4.78, 5) is 27.9. The summed E-state index contributed by atoms with van der Waals surface area (Å²) in [7, 11) is 0. The van der Waals surface area contributed by atoms with Gasteiger partial charge in [0.1, 0.15) is 34.4 Å². The molecule has 11 heteroatoms. The number of aromatic hydroxyl groups is 2. The van der Waals surface area contributed by atoms with Gasteiger partial charge in [0.05, 0.1) is 35.5 Å². The lowest BCUT2D eigenvalue weighted by molar-refractivity contribution is -0.0611. The summed E-state index contributed by atoms with van der Waals surface area (Å²) in [6.45, 7) is 8.24. The predicted octanol–water partition coefficient (Wildman–Crippen LogP) is 7.06. The molecule has 0 aliphatic heterocycles. The third-order valence-electron chi connectivity index (χ3n) is 7.02. The van der Waals surface area contributed by atoms with Crippen LogP contribution in [0.3, 0.4) is 0 Å². The van der Waals surface area contributed by atoms with Crippen molar-refractivity contribution in [3.05, 3.63) is 88.7 Å². The molecular formula is C34H33FN2O8. The van der Waals surface area contributed by atoms with E-state index >= 15 is 4.39 Å². The number of anilines is 4. The first kappa shape index (κ1) is 31.1. The van der Waals surface area contributed by atoms with E-state index in [4.69, 9.17) is 18.9 Å². The summed E-state index contributed by atoms with van der Waals surface area (Å²) in [6, 6.07) is 15.7. The number of carbonyl (C=O) groups excluding carboxylic acids is 2. The Morgan fingerprint density at radius 2 is 1.13 bits per heavy atom. The summed E-state index contributed by atoms with van der Waals surface area (Å²) in [6.07, 6.45) is -0.939. The Balaban J connectivity index is 1.77. The summed E-state index contributed by atoms with van der Waals surface area (Å²) >= 11 is 0. The van der Waals surface area contributed by atoms with Crippen molar-refractivity contribution >= 4 is 34.3 Å². The minimum Gasteiger partial charge on any atom is -0.507 e. The minimum atomic E-state index is -1.07. The van der Waals surface area contributed by atoms with E-state index in [1.807, 2.05) is 13.8 Å². The SMILES string of the molecule is CCOc1ccc(Nc2c(F)c3c(c(OC(C)OCC)c2Nc2ccc(OCC)cc2)C(=O)c2c(O)ccc(O)c2C3=O)cc1. The zero-order chi connectivity index (χ0) is 32.2. The molecule has 1 aliphatic rings. The fourth-order valence-electron chi connectivity index (χ4n) is 5.10. The number of fused-ring (bicyclic) bond motifs is 2. The molecule has 1 atom stereocenters. The van der Waals surface area contributed by atoms with Crippen LogP contribution in [0.1, 0.15) is 59.5 Å². The van der Waals surface area contributed by atoms with Gasteiger partial charge in [-0.15, -0.1) is 0 Å². The van der Waals surface area contributed by atoms with Gasteiger partial charge in [-0.25, -0.2) is 4.39 Å². The van der Waals surface area contributed by atoms with Gasteiger partial charge in [0, 0.05) is 18.0 Å². The van der Waals surface area contributed by atoms with Gasteiger partial charge in [0.15, 0.2) is 17.9 Å². The molecular weight excluding hydrogens is 583 g/mol. The molecule has 1 unspecified atom stereocenters. The molecule has 5 rings (SSSR count). The number of carbonyl (C=O) groups is 2. The molecule has 234 valence electrons. The average Bonchev–Trinajstić information content (AvgIpc) is 3.02. The van der Waals surface area contributed by atoms with Crippen molar-refractivity contribution in [3.63, 3.8) is 0 Å². The van der Waals surface area contributed by atoms with Gasteiger partial charge in [-0.1, -0.05) is 0 Å². The molecule has 0 heterocycles. The second-order valence-corrected chi connectivity index (χ2v) is 9.96. The van der Waals surface area contributed by atoms with Crippen LogP contribution in [-0.2, 0) is 4.74 Å². The summed E-state index contributed by atoms with van der Waals surface area (Å²) in [5.41, 5.74) is -1.33. The van der Waals surface area contributed by atoms with E-state index in [2.05, 4.69) is 10.6 Å². The molecule has 0 spiro atoms. The minimum absolute atomic E-state index is 0.0138. The van der Waals surface area contributed by atoms with Gasteiger partial charge >= 0.3 is 0 Å². The number of ketones is 2. The molecule has 4 N–H and O–H groups in total. The third kappa shape index (κ3) is 6.07. The Hall–Kier alpha value is -5.29. The highest BCUT2D eigenvalue weighted by Crippen LogP contribution is 2.49. The van der Waals surface area contributed by atoms with Crippen molar-refractivity contribution in [1.29, 1.82) is 0 Å². The van der Waals surface area contributed by atoms with Gasteiger partial charge in [-0.05, 0) is 88.4 Å². The monoisotopic (exact) mass is 616 g/mol. The number of hydrogen-bond acceptors (Lipinski definition) is 10. The fraction of sp³-hybridized carbons (Fsp3) is 0.235. The van der Waals surface area contributed by atoms with Crippen molar-refractivity contribution in [3.8, 4) is 28.7 Å². The second kappa shape index (κ2) is 13.1. The van der Waals surface area contributed by atoms with Crippen LogP contribution in [0.2, 0.25) is 0 Å². The highest BCUT2D eigenvalue weighted by Gasteiger charge is 2.42. The van der Waals surface area contributed by atoms with Crippen LogP contribution < -0.4 is 24.8 Å². The van der Waals surface area contributed by atoms with E-state index in [1.165, 1.54) is 0 Å². The second-order valence-electron chi connectivity index (χ2n) is 9.96. The summed E-state index contributed by atoms with van der Waals surface area (Å²) < 4.78 is 39.6. The smallest absolute Gasteiger partial charge is 0.202 e. The molecule has 0 fully saturated rings. The van der Waals surface area contributed by atoms with Gasteiger partial charge in [0.25, 0.3) is 0 Å². The standard InChI is InChI=1S/C34H33FN2O8/c1-5-42-18(4)45-34-28-27(32(40)25-23(38)16-17-24(39)26(25)33(28)41)29(35)30(36-19-8-12-21(13-9-19)43-6-2)31(34)37-20-10-14-22(15-11-20)44-7-3/h8-18,36-39H,5-7H2,1-4H3. The molecule has 10 nitrogen and oxygen atoms in total. The van der Waals surface area contributed by atoms with Crippen LogP contribution >= 0.6 is 0 Å². The van der Waals surface area contributed by atoms with Crippen LogP contribution in [0, 0.1) is 5.82 Å². The molecule has 4 aromatic rings. The van der Waals surface area contributed by atoms with Gasteiger partial charge in [0.2, 0.25) is 11.6 Å². The lowest BCUT2D eigenvalue weighted by Crippen LogP contribution is -2.27. The van der Waals surface area contributed by atoms with E-state index in [0.29, 0.717) is 36.1 Å². The first-order valence-corrected chi connectivity index (χ1v) is 14.5. The molecule has 0 bridgehead atoms. The summed E-state index contributed by atoms with van der Waals surface area (Å²) in [5, 5.41) is 27.3. The Morgan fingerprint density at radius 1 is 0.667 bits per heavy atom. The maximum Gasteiger partial charge on any atom is 0.202 e. The fourth-order valence-corrected chi connectivity index (χ4v) is 5.10. The maximum absolute atomic E-state index is 16.8. The number of hydrogen-bond donors (Lipinski definition) is 4. The largest absolute Gasteiger partial charge is 0.507 e. The zero-order valence-electron chi connectivity index (χ0n) is 25.2. The summed E-state index contributed by atoms with van der Waals surface area (Å²) in [5.74, 6) is -3.08. The van der Waals surface area contributed by atoms with E-state index in [1.54, 1.807) is 62.4 Å². The molecule has 0 aromatic heterocycles. The molecule has 0 saturated heterocycles. The number of phenols is 2. The van der Waals surface area contributed by atoms with Crippen LogP contribution in [0.15, 0.2) is 60.7 Å². The number of benzene rings is 4. The number of halogens is 1. The van der Waals surface area contributed by atoms with E-state index in [-0.39, 0.29) is 23.7 Å². The van der Waals surface area contributed by atoms with Gasteiger partial charge in [-0.2, -0.15) is 0 Å². The predicted molar refractivity (Wildman–Crippen MR) is 167 cm³/mol. The van der Waals surface area contributed by atoms with Crippen LogP contribution in [0.4, 0.5) is 27.1 Å². The van der Waals surface area contributed by atoms with Crippen LogP contribution in [-0.4, -0.2) is 47.9 Å². The highest BCUT2D eigenvalue weighted by molar-refractivity contribution is 6.32. The average molecular weight is 617 g/mol. The third-order valence-corrected chi connectivity index (χ3v) is 7.02. The Kier molecular flexibility index (Phi) is 9.10. The Morgan fingerprint density at radius 3 is 1.60 bits per heavy atom. The molecule has 0 saturated carbocycles. The molecule has 4 aromatic carbocycles. The van der Waals surface area contributed by atoms with Gasteiger partial charge in [-0.3, -0.25) is 9.59 Å². The van der Waals surface area contributed by atoms with Crippen molar-refractivity contribution < 1.29 is 43.1 Å². The first-order valence-electron chi connectivity index (χ1n) is 14.5. The number of rotatable bonds is 12. The number of phenolic OH excluding ortho intramolecular Hbond substituents is 2. The quantitative estimate of drug-likeness (QED) is 0.0852. The molecule has 0 radical (unpaired) electrons. The van der Waals surface area contributed by atoms with E-state index in [0.717, 1.165) is 12.1 Å². The van der Waals surface area contributed by atoms with Gasteiger partial charge < -0.3 is 39.8 Å². The van der Waals surface area contributed by atoms with E-state index < -0.39 is 57.4 Å². The maximum atomic E-state index is 16.8. The van der Waals surface area contributed by atoms with E-state index in [9.17, 15) is 19.8 Å².